The molecule has 0 aliphatic carbocycles. The topological polar surface area (TPSA) is 55.4 Å². The zero-order chi connectivity index (χ0) is 15.8. The van der Waals surface area contributed by atoms with Gasteiger partial charge in [0.25, 0.3) is 0 Å². The van der Waals surface area contributed by atoms with Gasteiger partial charge >= 0.3 is 5.97 Å². The Morgan fingerprint density at radius 1 is 1.00 bits per heavy atom. The summed E-state index contributed by atoms with van der Waals surface area (Å²) in [5, 5.41) is 2.77. The third kappa shape index (κ3) is 4.45. The van der Waals surface area contributed by atoms with E-state index in [2.05, 4.69) is 5.32 Å². The molecule has 0 heterocycles. The normalized spacial score (nSPS) is 10.0. The summed E-state index contributed by atoms with van der Waals surface area (Å²) >= 11 is 0. The number of para-hydroxylation sites is 1. The summed E-state index contributed by atoms with van der Waals surface area (Å²) in [7, 11) is 1.32. The first-order valence-corrected chi connectivity index (χ1v) is 7.22. The maximum Gasteiger partial charge on any atom is 0.339 e. The molecule has 0 aliphatic heterocycles. The van der Waals surface area contributed by atoms with Crippen LogP contribution in [0.25, 0.3) is 0 Å². The molecule has 0 saturated heterocycles. The van der Waals surface area contributed by atoms with E-state index in [-0.39, 0.29) is 5.91 Å². The molecule has 0 saturated carbocycles. The van der Waals surface area contributed by atoms with Crippen molar-refractivity contribution < 1.29 is 14.3 Å². The van der Waals surface area contributed by atoms with Crippen molar-refractivity contribution in [1.82, 2.24) is 0 Å². The van der Waals surface area contributed by atoms with Crippen molar-refractivity contribution in [3.63, 3.8) is 0 Å². The summed E-state index contributed by atoms with van der Waals surface area (Å²) in [6.45, 7) is 0. The third-order valence-electron chi connectivity index (χ3n) is 3.32. The minimum atomic E-state index is -0.458. The Bertz CT molecular complexity index is 638. The van der Waals surface area contributed by atoms with Crippen LogP contribution < -0.4 is 5.32 Å². The van der Waals surface area contributed by atoms with Crippen LogP contribution in [0.15, 0.2) is 54.6 Å². The van der Waals surface area contributed by atoms with Crippen molar-refractivity contribution in [1.29, 1.82) is 0 Å². The minimum Gasteiger partial charge on any atom is -0.465 e. The molecule has 0 unspecified atom stereocenters. The molecule has 4 heteroatoms. The molecule has 0 radical (unpaired) electrons. The van der Waals surface area contributed by atoms with Crippen LogP contribution in [-0.4, -0.2) is 19.0 Å². The lowest BCUT2D eigenvalue weighted by Crippen LogP contribution is -2.15. The van der Waals surface area contributed by atoms with Gasteiger partial charge in [-0.05, 0) is 30.5 Å². The average molecular weight is 297 g/mol. The molecule has 114 valence electrons. The number of carbonyl (C=O) groups is 2. The largest absolute Gasteiger partial charge is 0.465 e. The number of hydrogen-bond acceptors (Lipinski definition) is 3. The van der Waals surface area contributed by atoms with Gasteiger partial charge in [-0.15, -0.1) is 0 Å². The number of methoxy groups -OCH3 is 1. The van der Waals surface area contributed by atoms with Gasteiger partial charge in [0.1, 0.15) is 0 Å². The van der Waals surface area contributed by atoms with Crippen molar-refractivity contribution >= 4 is 17.6 Å². The van der Waals surface area contributed by atoms with Crippen LogP contribution in [-0.2, 0) is 16.0 Å². The molecule has 2 aromatic rings. The monoisotopic (exact) mass is 297 g/mol. The predicted molar refractivity (Wildman–Crippen MR) is 85.8 cm³/mol. The minimum absolute atomic E-state index is 0.104. The smallest absolute Gasteiger partial charge is 0.339 e. The van der Waals surface area contributed by atoms with Gasteiger partial charge in [0.2, 0.25) is 5.91 Å². The maximum absolute atomic E-state index is 12.0. The number of anilines is 1. The second-order valence-corrected chi connectivity index (χ2v) is 4.92. The molecule has 1 amide bonds. The van der Waals surface area contributed by atoms with E-state index in [4.69, 9.17) is 4.74 Å². The highest BCUT2D eigenvalue weighted by Crippen LogP contribution is 2.16. The van der Waals surface area contributed by atoms with Gasteiger partial charge in [-0.3, -0.25) is 4.79 Å². The third-order valence-corrected chi connectivity index (χ3v) is 3.32. The van der Waals surface area contributed by atoms with Crippen LogP contribution in [0.3, 0.4) is 0 Å². The number of rotatable bonds is 6. The standard InChI is InChI=1S/C18H19NO3/c1-22-18(21)15-11-5-6-12-16(15)19-17(20)13-7-10-14-8-3-2-4-9-14/h2-6,8-9,11-12H,7,10,13H2,1H3,(H,19,20). The first-order chi connectivity index (χ1) is 10.7. The number of benzene rings is 2. The van der Waals surface area contributed by atoms with Crippen molar-refractivity contribution in [2.24, 2.45) is 0 Å². The molecule has 0 bridgehead atoms. The summed E-state index contributed by atoms with van der Waals surface area (Å²) in [6.07, 6.45) is 2.02. The second-order valence-electron chi connectivity index (χ2n) is 4.92. The molecule has 0 fully saturated rings. The molecular weight excluding hydrogens is 278 g/mol. The van der Waals surface area contributed by atoms with E-state index in [1.807, 2.05) is 30.3 Å². The highest BCUT2D eigenvalue weighted by atomic mass is 16.5. The lowest BCUT2D eigenvalue weighted by Gasteiger charge is -2.09. The number of nitrogens with one attached hydrogen (secondary N) is 1. The van der Waals surface area contributed by atoms with Crippen LogP contribution >= 0.6 is 0 Å². The number of ether oxygens (including phenoxy) is 1. The molecule has 1 N–H and O–H groups in total. The van der Waals surface area contributed by atoms with E-state index < -0.39 is 5.97 Å². The summed E-state index contributed by atoms with van der Waals surface area (Å²) in [6, 6.07) is 16.9. The van der Waals surface area contributed by atoms with Gasteiger partial charge < -0.3 is 10.1 Å². The number of aryl methyl sites for hydroxylation is 1. The highest BCUT2D eigenvalue weighted by molar-refractivity contribution is 6.01. The lowest BCUT2D eigenvalue weighted by molar-refractivity contribution is -0.116. The quantitative estimate of drug-likeness (QED) is 0.831. The van der Waals surface area contributed by atoms with Gasteiger partial charge in [-0.2, -0.15) is 0 Å². The van der Waals surface area contributed by atoms with Gasteiger partial charge in [-0.1, -0.05) is 42.5 Å². The summed E-state index contributed by atoms with van der Waals surface area (Å²) in [5.41, 5.74) is 2.06. The Morgan fingerprint density at radius 2 is 1.68 bits per heavy atom. The van der Waals surface area contributed by atoms with E-state index in [1.54, 1.807) is 24.3 Å². The molecule has 2 aromatic carbocycles. The van der Waals surface area contributed by atoms with Gasteiger partial charge in [-0.25, -0.2) is 4.79 Å². The molecule has 0 aliphatic rings. The van der Waals surface area contributed by atoms with E-state index in [1.165, 1.54) is 12.7 Å². The molecule has 0 spiro atoms. The molecular formula is C18H19NO3. The molecule has 0 atom stereocenters. The van der Waals surface area contributed by atoms with Crippen LogP contribution in [0, 0.1) is 0 Å². The Balaban J connectivity index is 1.88. The number of esters is 1. The second kappa shape index (κ2) is 7.98. The number of hydrogen-bond donors (Lipinski definition) is 1. The molecule has 4 nitrogen and oxygen atoms in total. The first-order valence-electron chi connectivity index (χ1n) is 7.22. The van der Waals surface area contributed by atoms with Crippen molar-refractivity contribution in [3.8, 4) is 0 Å². The van der Waals surface area contributed by atoms with Crippen LogP contribution in [0.1, 0.15) is 28.8 Å². The SMILES string of the molecule is COC(=O)c1ccccc1NC(=O)CCCc1ccccc1. The van der Waals surface area contributed by atoms with Crippen molar-refractivity contribution in [3.05, 3.63) is 65.7 Å². The number of amides is 1. The van der Waals surface area contributed by atoms with Crippen LogP contribution in [0.5, 0.6) is 0 Å². The summed E-state index contributed by atoms with van der Waals surface area (Å²) in [5.74, 6) is -0.563. The van der Waals surface area contributed by atoms with Gasteiger partial charge in [0.05, 0.1) is 18.4 Å². The summed E-state index contributed by atoms with van der Waals surface area (Å²) in [4.78, 5) is 23.6. The maximum atomic E-state index is 12.0. The van der Waals surface area contributed by atoms with Crippen molar-refractivity contribution in [2.45, 2.75) is 19.3 Å². The molecule has 0 aromatic heterocycles. The van der Waals surface area contributed by atoms with E-state index in [0.717, 1.165) is 12.8 Å². The van der Waals surface area contributed by atoms with Crippen LogP contribution in [0.2, 0.25) is 0 Å². The summed E-state index contributed by atoms with van der Waals surface area (Å²) < 4.78 is 4.71. The van der Waals surface area contributed by atoms with E-state index >= 15 is 0 Å². The average Bonchev–Trinajstić information content (AvgIpc) is 2.55. The first kappa shape index (κ1) is 15.8. The Kier molecular flexibility index (Phi) is 5.72. The Labute approximate surface area is 130 Å². The molecule has 2 rings (SSSR count). The van der Waals surface area contributed by atoms with Crippen LogP contribution in [0.4, 0.5) is 5.69 Å². The predicted octanol–water partition coefficient (Wildman–Crippen LogP) is 3.43. The van der Waals surface area contributed by atoms with Crippen molar-refractivity contribution in [2.75, 3.05) is 12.4 Å². The van der Waals surface area contributed by atoms with Gasteiger partial charge in [0, 0.05) is 6.42 Å². The molecule has 22 heavy (non-hydrogen) atoms. The fourth-order valence-corrected chi connectivity index (χ4v) is 2.19. The Morgan fingerprint density at radius 3 is 2.41 bits per heavy atom. The zero-order valence-electron chi connectivity index (χ0n) is 12.5. The lowest BCUT2D eigenvalue weighted by atomic mass is 10.1. The fraction of sp³-hybridized carbons (Fsp3) is 0.222. The van der Waals surface area contributed by atoms with E-state index in [0.29, 0.717) is 17.7 Å². The van der Waals surface area contributed by atoms with E-state index in [9.17, 15) is 9.59 Å². The Hall–Kier alpha value is -2.62. The highest BCUT2D eigenvalue weighted by Gasteiger charge is 2.12. The van der Waals surface area contributed by atoms with Gasteiger partial charge in [0.15, 0.2) is 0 Å². The zero-order valence-corrected chi connectivity index (χ0v) is 12.5. The fourth-order valence-electron chi connectivity index (χ4n) is 2.19. The number of carbonyl (C=O) groups excluding carboxylic acids is 2.